The van der Waals surface area contributed by atoms with Crippen LogP contribution in [0.1, 0.15) is 49.6 Å². The molecular formula is C28H32N6O5S. The summed E-state index contributed by atoms with van der Waals surface area (Å²) in [4.78, 5) is 24.8. The first-order valence-electron chi connectivity index (χ1n) is 12.4. The van der Waals surface area contributed by atoms with Gasteiger partial charge in [-0.25, -0.2) is 23.2 Å². The number of nitrogen functional groups attached to an aromatic ring is 1. The summed E-state index contributed by atoms with van der Waals surface area (Å²) < 4.78 is 41.9. The van der Waals surface area contributed by atoms with Gasteiger partial charge in [-0.3, -0.25) is 4.72 Å². The minimum absolute atomic E-state index is 0.0413. The molecule has 12 heteroatoms. The average Bonchev–Trinajstić information content (AvgIpc) is 3.33. The number of nitrogens with two attached hydrogens (primary N) is 1. The molecular weight excluding hydrogens is 532 g/mol. The predicted octanol–water partition coefficient (Wildman–Crippen LogP) is 3.72. The molecule has 0 saturated heterocycles. The summed E-state index contributed by atoms with van der Waals surface area (Å²) in [6.07, 6.45) is 3.28. The van der Waals surface area contributed by atoms with E-state index in [1.165, 1.54) is 13.3 Å². The molecule has 0 amide bonds. The monoisotopic (exact) mass is 564 g/mol. The first-order valence-corrected chi connectivity index (χ1v) is 13.9. The number of imidazole rings is 1. The van der Waals surface area contributed by atoms with E-state index in [2.05, 4.69) is 19.7 Å². The Hall–Kier alpha value is -4.45. The van der Waals surface area contributed by atoms with Crippen molar-refractivity contribution < 1.29 is 22.7 Å². The number of hydrogen-bond donors (Lipinski definition) is 2. The lowest BCUT2D eigenvalue weighted by Gasteiger charge is -2.18. The Morgan fingerprint density at radius 1 is 1.05 bits per heavy atom. The predicted molar refractivity (Wildman–Crippen MR) is 151 cm³/mol. The number of methoxy groups -OCH3 is 2. The highest BCUT2D eigenvalue weighted by Crippen LogP contribution is 2.30. The van der Waals surface area contributed by atoms with E-state index in [0.29, 0.717) is 40.4 Å². The number of rotatable bonds is 9. The van der Waals surface area contributed by atoms with Crippen molar-refractivity contribution in [2.45, 2.75) is 45.6 Å². The molecule has 0 aliphatic heterocycles. The van der Waals surface area contributed by atoms with Crippen LogP contribution in [-0.2, 0) is 27.7 Å². The molecule has 0 radical (unpaired) electrons. The summed E-state index contributed by atoms with van der Waals surface area (Å²) in [5.74, 6) is 0.162. The van der Waals surface area contributed by atoms with E-state index in [0.717, 1.165) is 16.7 Å². The van der Waals surface area contributed by atoms with E-state index < -0.39 is 16.0 Å². The van der Waals surface area contributed by atoms with E-state index in [1.54, 1.807) is 38.8 Å². The van der Waals surface area contributed by atoms with E-state index in [-0.39, 0.29) is 23.1 Å². The topological polar surface area (TPSA) is 151 Å². The fourth-order valence-corrected chi connectivity index (χ4v) is 6.32. The Kier molecular flexibility index (Phi) is 8.10. The van der Waals surface area contributed by atoms with Crippen LogP contribution in [0.25, 0.3) is 0 Å². The lowest BCUT2D eigenvalue weighted by atomic mass is 10.0. The number of nitrogens with one attached hydrogen (secondary N) is 1. The van der Waals surface area contributed by atoms with Crippen molar-refractivity contribution in [3.8, 4) is 5.75 Å². The van der Waals surface area contributed by atoms with Crippen molar-refractivity contribution in [3.63, 3.8) is 0 Å². The third-order valence-corrected chi connectivity index (χ3v) is 8.16. The maximum absolute atomic E-state index is 13.5. The highest BCUT2D eigenvalue weighted by Gasteiger charge is 2.24. The molecule has 0 aliphatic rings. The second-order valence-electron chi connectivity index (χ2n) is 9.55. The number of aromatic nitrogens is 4. The van der Waals surface area contributed by atoms with Crippen LogP contribution in [0.5, 0.6) is 5.75 Å². The second-order valence-corrected chi connectivity index (χ2v) is 11.2. The van der Waals surface area contributed by atoms with Crippen LogP contribution in [-0.4, -0.2) is 48.1 Å². The van der Waals surface area contributed by atoms with Gasteiger partial charge in [-0.1, -0.05) is 29.8 Å². The largest absolute Gasteiger partial charge is 0.496 e. The van der Waals surface area contributed by atoms with Gasteiger partial charge in [-0.05, 0) is 56.0 Å². The Morgan fingerprint density at radius 2 is 1.75 bits per heavy atom. The number of aryl methyl sites for hydroxylation is 4. The van der Waals surface area contributed by atoms with Crippen molar-refractivity contribution >= 4 is 27.8 Å². The van der Waals surface area contributed by atoms with Crippen LogP contribution in [0.3, 0.4) is 0 Å². The number of benzene rings is 2. The van der Waals surface area contributed by atoms with Gasteiger partial charge in [0, 0.05) is 24.2 Å². The molecule has 4 aromatic rings. The van der Waals surface area contributed by atoms with Gasteiger partial charge < -0.3 is 19.8 Å². The lowest BCUT2D eigenvalue weighted by molar-refractivity contribution is 0.0589. The summed E-state index contributed by atoms with van der Waals surface area (Å²) in [7, 11) is -1.11. The number of carbonyl (C=O) groups is 1. The summed E-state index contributed by atoms with van der Waals surface area (Å²) in [5.41, 5.74) is 11.2. The highest BCUT2D eigenvalue weighted by molar-refractivity contribution is 7.92. The molecule has 0 bridgehead atoms. The minimum atomic E-state index is -3.98. The Bertz CT molecular complexity index is 1670. The molecule has 2 heterocycles. The van der Waals surface area contributed by atoms with Crippen molar-refractivity contribution in [1.29, 1.82) is 0 Å². The fraction of sp³-hybridized carbons (Fsp3) is 0.286. The molecule has 0 spiro atoms. The maximum atomic E-state index is 13.5. The Balaban J connectivity index is 1.68. The van der Waals surface area contributed by atoms with E-state index in [9.17, 15) is 13.2 Å². The van der Waals surface area contributed by atoms with Gasteiger partial charge in [-0.15, -0.1) is 0 Å². The molecule has 4 rings (SSSR count). The first-order chi connectivity index (χ1) is 18.9. The molecule has 0 aliphatic carbocycles. The zero-order valence-electron chi connectivity index (χ0n) is 23.3. The van der Waals surface area contributed by atoms with Crippen LogP contribution < -0.4 is 15.2 Å². The third-order valence-electron chi connectivity index (χ3n) is 6.51. The molecule has 0 saturated carbocycles. The summed E-state index contributed by atoms with van der Waals surface area (Å²) in [5, 5.41) is 0. The van der Waals surface area contributed by atoms with Crippen molar-refractivity contribution in [3.05, 3.63) is 87.6 Å². The minimum Gasteiger partial charge on any atom is -0.496 e. The van der Waals surface area contributed by atoms with Gasteiger partial charge in [0.2, 0.25) is 5.95 Å². The van der Waals surface area contributed by atoms with Crippen LogP contribution in [0.15, 0.2) is 47.8 Å². The Morgan fingerprint density at radius 3 is 2.40 bits per heavy atom. The summed E-state index contributed by atoms with van der Waals surface area (Å²) in [6.45, 7) is 7.56. The van der Waals surface area contributed by atoms with Gasteiger partial charge in [-0.2, -0.15) is 4.98 Å². The Labute approximate surface area is 233 Å². The first kappa shape index (κ1) is 28.6. The molecule has 0 unspecified atom stereocenters. The molecule has 210 valence electrons. The van der Waals surface area contributed by atoms with E-state index in [1.807, 2.05) is 37.3 Å². The number of anilines is 2. The van der Waals surface area contributed by atoms with Gasteiger partial charge in [0.1, 0.15) is 17.3 Å². The maximum Gasteiger partial charge on any atom is 0.356 e. The number of carbonyl (C=O) groups excluding carboxylic acids is 1. The molecule has 0 fully saturated rings. The van der Waals surface area contributed by atoms with E-state index >= 15 is 0 Å². The molecule has 3 N–H and O–H groups in total. The highest BCUT2D eigenvalue weighted by atomic mass is 32.2. The normalized spacial score (nSPS) is 11.3. The number of esters is 1. The number of ether oxygens (including phenoxy) is 2. The van der Waals surface area contributed by atoms with Crippen LogP contribution in [0.2, 0.25) is 0 Å². The molecule has 2 aromatic heterocycles. The van der Waals surface area contributed by atoms with E-state index in [4.69, 9.17) is 15.2 Å². The second kappa shape index (κ2) is 11.3. The number of hydrogen-bond acceptors (Lipinski definition) is 9. The quantitative estimate of drug-likeness (QED) is 0.290. The molecule has 0 atom stereocenters. The smallest absolute Gasteiger partial charge is 0.356 e. The molecule has 2 aromatic carbocycles. The van der Waals surface area contributed by atoms with Crippen molar-refractivity contribution in [2.75, 3.05) is 24.7 Å². The zero-order chi connectivity index (χ0) is 29.2. The average molecular weight is 565 g/mol. The zero-order valence-corrected chi connectivity index (χ0v) is 24.1. The van der Waals surface area contributed by atoms with Gasteiger partial charge in [0.05, 0.1) is 31.6 Å². The summed E-state index contributed by atoms with van der Waals surface area (Å²) >= 11 is 0. The van der Waals surface area contributed by atoms with Crippen LogP contribution in [0, 0.1) is 27.7 Å². The summed E-state index contributed by atoms with van der Waals surface area (Å²) in [6, 6.07) is 9.28. The molecule has 40 heavy (non-hydrogen) atoms. The standard InChI is InChI=1S/C28H32N6O5S/c1-16-9-17(2)25(18(3)10-16)40(36,37)33-26-22(19(4)31-28(29)32-26)12-21-8-7-20(11-24(21)38-5)14-34-15-30-13-23(34)27(35)39-6/h7-11,13,15H,12,14H2,1-6H3,(H3,29,31,32,33). The lowest BCUT2D eigenvalue weighted by Crippen LogP contribution is -2.19. The SMILES string of the molecule is COC(=O)c1cncn1Cc1ccc(Cc2c(C)nc(N)nc2NS(=O)(=O)c2c(C)cc(C)cc2C)c(OC)c1. The number of sulfonamides is 1. The van der Waals surface area contributed by atoms with Gasteiger partial charge in [0.25, 0.3) is 10.0 Å². The number of nitrogens with zero attached hydrogens (tertiary/aromatic N) is 4. The van der Waals surface area contributed by atoms with Crippen LogP contribution >= 0.6 is 0 Å². The van der Waals surface area contributed by atoms with Gasteiger partial charge >= 0.3 is 5.97 Å². The third kappa shape index (κ3) is 5.91. The fourth-order valence-electron chi connectivity index (χ4n) is 4.82. The van der Waals surface area contributed by atoms with Crippen LogP contribution in [0.4, 0.5) is 11.8 Å². The molecule has 11 nitrogen and oxygen atoms in total. The van der Waals surface area contributed by atoms with Crippen molar-refractivity contribution in [1.82, 2.24) is 19.5 Å². The van der Waals surface area contributed by atoms with Gasteiger partial charge in [0.15, 0.2) is 0 Å². The van der Waals surface area contributed by atoms with Crippen molar-refractivity contribution in [2.24, 2.45) is 0 Å².